The van der Waals surface area contributed by atoms with E-state index in [2.05, 4.69) is 47.6 Å². The second-order valence-electron chi connectivity index (χ2n) is 15.6. The normalized spacial score (nSPS) is 35.1. The Hall–Kier alpha value is -2.07. The number of fused-ring (bicyclic) bond motifs is 5. The van der Waals surface area contributed by atoms with Crippen LogP contribution in [0.4, 0.5) is 0 Å². The van der Waals surface area contributed by atoms with E-state index in [1.165, 1.54) is 51.0 Å². The van der Waals surface area contributed by atoms with Crippen molar-refractivity contribution < 1.29 is 19.4 Å². The molecule has 4 aliphatic carbocycles. The number of benzene rings is 1. The van der Waals surface area contributed by atoms with E-state index in [1.54, 1.807) is 18.8 Å². The van der Waals surface area contributed by atoms with Crippen LogP contribution in [0.2, 0.25) is 0 Å². The van der Waals surface area contributed by atoms with Gasteiger partial charge < -0.3 is 14.6 Å². The SMILES string of the molecule is COc1ccc(/C=C/C(=O)OC2CCC3(C)C(=CCC4C3CCC3(C)C(C(C)CCC(C)C(C)C)CCC43)C2)cc1CO. The highest BCUT2D eigenvalue weighted by Gasteiger charge is 2.59. The second-order valence-corrected chi connectivity index (χ2v) is 15.6. The van der Waals surface area contributed by atoms with Crippen LogP contribution < -0.4 is 4.74 Å². The average Bonchev–Trinajstić information content (AvgIpc) is 3.35. The van der Waals surface area contributed by atoms with E-state index in [0.29, 0.717) is 16.7 Å². The quantitative estimate of drug-likeness (QED) is 0.168. The van der Waals surface area contributed by atoms with Crippen molar-refractivity contribution in [1.29, 1.82) is 0 Å². The molecule has 4 heteroatoms. The molecule has 1 aromatic rings. The molecule has 5 rings (SSSR count). The van der Waals surface area contributed by atoms with Gasteiger partial charge in [0.25, 0.3) is 0 Å². The molecule has 0 aromatic heterocycles. The van der Waals surface area contributed by atoms with Gasteiger partial charge in [-0.25, -0.2) is 4.79 Å². The molecule has 0 radical (unpaired) electrons. The number of hydrogen-bond acceptors (Lipinski definition) is 4. The summed E-state index contributed by atoms with van der Waals surface area (Å²) in [6, 6.07) is 5.54. The van der Waals surface area contributed by atoms with Gasteiger partial charge in [0.05, 0.1) is 13.7 Å². The van der Waals surface area contributed by atoms with Crippen LogP contribution in [0.1, 0.15) is 117 Å². The Balaban J connectivity index is 1.20. The molecule has 238 valence electrons. The van der Waals surface area contributed by atoms with Gasteiger partial charge in [0.1, 0.15) is 11.9 Å². The Morgan fingerprint density at radius 2 is 1.84 bits per heavy atom. The summed E-state index contributed by atoms with van der Waals surface area (Å²) in [5.74, 6) is 6.13. The number of rotatable bonds is 10. The van der Waals surface area contributed by atoms with Crippen molar-refractivity contribution in [3.05, 3.63) is 47.1 Å². The molecule has 0 saturated heterocycles. The van der Waals surface area contributed by atoms with Gasteiger partial charge in [0.2, 0.25) is 0 Å². The van der Waals surface area contributed by atoms with Gasteiger partial charge in [-0.1, -0.05) is 72.1 Å². The molecule has 0 spiro atoms. The van der Waals surface area contributed by atoms with Crippen LogP contribution >= 0.6 is 0 Å². The number of aliphatic hydroxyl groups is 1. The molecule has 9 atom stereocenters. The zero-order valence-corrected chi connectivity index (χ0v) is 28.0. The Morgan fingerprint density at radius 3 is 2.56 bits per heavy atom. The van der Waals surface area contributed by atoms with Gasteiger partial charge in [-0.3, -0.25) is 0 Å². The number of allylic oxidation sites excluding steroid dienone is 1. The molecular weight excluding hydrogens is 532 g/mol. The van der Waals surface area contributed by atoms with E-state index in [1.807, 2.05) is 18.2 Å². The largest absolute Gasteiger partial charge is 0.496 e. The van der Waals surface area contributed by atoms with Crippen LogP contribution in [0, 0.1) is 52.3 Å². The van der Waals surface area contributed by atoms with Crippen molar-refractivity contribution >= 4 is 12.0 Å². The predicted octanol–water partition coefficient (Wildman–Crippen LogP) is 9.40. The minimum Gasteiger partial charge on any atom is -0.496 e. The predicted molar refractivity (Wildman–Crippen MR) is 175 cm³/mol. The summed E-state index contributed by atoms with van der Waals surface area (Å²) in [4.78, 5) is 12.8. The first-order chi connectivity index (χ1) is 20.5. The molecule has 3 saturated carbocycles. The molecule has 0 bridgehead atoms. The van der Waals surface area contributed by atoms with Crippen molar-refractivity contribution in [2.45, 2.75) is 118 Å². The lowest BCUT2D eigenvalue weighted by Gasteiger charge is -2.58. The first-order valence-electron chi connectivity index (χ1n) is 17.4. The monoisotopic (exact) mass is 590 g/mol. The molecule has 9 unspecified atom stereocenters. The summed E-state index contributed by atoms with van der Waals surface area (Å²) in [5, 5.41) is 9.60. The third kappa shape index (κ3) is 6.37. The lowest BCUT2D eigenvalue weighted by molar-refractivity contribution is -0.145. The molecule has 4 aliphatic rings. The maximum atomic E-state index is 12.8. The fourth-order valence-corrected chi connectivity index (χ4v) is 10.2. The number of hydrogen-bond donors (Lipinski definition) is 1. The highest BCUT2D eigenvalue weighted by molar-refractivity contribution is 5.87. The van der Waals surface area contributed by atoms with Gasteiger partial charge in [0.15, 0.2) is 0 Å². The fourth-order valence-electron chi connectivity index (χ4n) is 10.2. The zero-order valence-electron chi connectivity index (χ0n) is 28.0. The average molecular weight is 591 g/mol. The maximum Gasteiger partial charge on any atom is 0.331 e. The number of carbonyl (C=O) groups is 1. The minimum absolute atomic E-state index is 0.0457. The maximum absolute atomic E-state index is 12.8. The third-order valence-corrected chi connectivity index (χ3v) is 13.2. The fraction of sp³-hybridized carbons (Fsp3) is 0.718. The summed E-state index contributed by atoms with van der Waals surface area (Å²) in [5.41, 5.74) is 3.86. The number of ether oxygens (including phenoxy) is 2. The Labute approximate surface area is 261 Å². The second kappa shape index (κ2) is 13.1. The van der Waals surface area contributed by atoms with Crippen molar-refractivity contribution in [2.24, 2.45) is 52.3 Å². The van der Waals surface area contributed by atoms with E-state index >= 15 is 0 Å². The summed E-state index contributed by atoms with van der Waals surface area (Å²) < 4.78 is 11.3. The van der Waals surface area contributed by atoms with Gasteiger partial charge in [-0.2, -0.15) is 0 Å². The first kappa shape index (κ1) is 32.3. The Bertz CT molecular complexity index is 1200. The Kier molecular flexibility index (Phi) is 9.86. The third-order valence-electron chi connectivity index (χ3n) is 13.2. The zero-order chi connectivity index (χ0) is 30.9. The number of aliphatic hydroxyl groups excluding tert-OH is 1. The summed E-state index contributed by atoms with van der Waals surface area (Å²) in [6.45, 7) is 14.9. The van der Waals surface area contributed by atoms with E-state index in [0.717, 1.165) is 66.3 Å². The Morgan fingerprint density at radius 1 is 1.05 bits per heavy atom. The highest BCUT2D eigenvalue weighted by atomic mass is 16.5. The van der Waals surface area contributed by atoms with Crippen LogP contribution in [-0.4, -0.2) is 24.3 Å². The number of esters is 1. The molecule has 1 aromatic carbocycles. The molecular formula is C39H58O4. The molecule has 0 heterocycles. The van der Waals surface area contributed by atoms with E-state index < -0.39 is 0 Å². The summed E-state index contributed by atoms with van der Waals surface area (Å²) in [6.07, 6.45) is 18.4. The van der Waals surface area contributed by atoms with Crippen molar-refractivity contribution in [3.63, 3.8) is 0 Å². The highest BCUT2D eigenvalue weighted by Crippen LogP contribution is 2.67. The van der Waals surface area contributed by atoms with Crippen molar-refractivity contribution in [1.82, 2.24) is 0 Å². The van der Waals surface area contributed by atoms with Crippen molar-refractivity contribution in [2.75, 3.05) is 7.11 Å². The summed E-state index contributed by atoms with van der Waals surface area (Å²) in [7, 11) is 1.59. The molecule has 4 nitrogen and oxygen atoms in total. The number of carbonyl (C=O) groups excluding carboxylic acids is 1. The minimum atomic E-state index is -0.286. The van der Waals surface area contributed by atoms with Gasteiger partial charge >= 0.3 is 5.97 Å². The first-order valence-corrected chi connectivity index (χ1v) is 17.4. The van der Waals surface area contributed by atoms with Crippen LogP contribution in [0.15, 0.2) is 35.9 Å². The van der Waals surface area contributed by atoms with Crippen LogP contribution in [-0.2, 0) is 16.1 Å². The van der Waals surface area contributed by atoms with E-state index in [-0.39, 0.29) is 24.1 Å². The molecule has 0 aliphatic heterocycles. The summed E-state index contributed by atoms with van der Waals surface area (Å²) >= 11 is 0. The smallest absolute Gasteiger partial charge is 0.331 e. The van der Waals surface area contributed by atoms with E-state index in [9.17, 15) is 9.90 Å². The number of methoxy groups -OCH3 is 1. The molecule has 0 amide bonds. The lowest BCUT2D eigenvalue weighted by Crippen LogP contribution is -2.51. The standard InChI is InChI=1S/C39H58O4/c1-25(2)26(3)8-9-27(4)33-14-15-34-32-13-12-30-23-31(18-20-38(30,5)35(32)19-21-39(33,34)6)43-37(41)17-11-28-10-16-36(42-7)29(22-28)24-40/h10-12,16-17,22,25-27,31-35,40H,8-9,13-15,18-21,23-24H2,1-7H3/b17-11+. The van der Waals surface area contributed by atoms with Crippen LogP contribution in [0.25, 0.3) is 6.08 Å². The van der Waals surface area contributed by atoms with Crippen molar-refractivity contribution in [3.8, 4) is 5.75 Å². The molecule has 43 heavy (non-hydrogen) atoms. The lowest BCUT2D eigenvalue weighted by atomic mass is 9.47. The van der Waals surface area contributed by atoms with E-state index in [4.69, 9.17) is 9.47 Å². The van der Waals surface area contributed by atoms with Crippen LogP contribution in [0.3, 0.4) is 0 Å². The van der Waals surface area contributed by atoms with Gasteiger partial charge in [0, 0.05) is 18.1 Å². The van der Waals surface area contributed by atoms with Gasteiger partial charge in [-0.05, 0) is 121 Å². The molecule has 3 fully saturated rings. The molecule has 1 N–H and O–H groups in total. The topological polar surface area (TPSA) is 55.8 Å². The van der Waals surface area contributed by atoms with Gasteiger partial charge in [-0.15, -0.1) is 0 Å². The van der Waals surface area contributed by atoms with Crippen LogP contribution in [0.5, 0.6) is 5.75 Å².